The molecule has 1 amide bonds. The number of hydrogen-bond acceptors (Lipinski definition) is 3. The number of carbonyl (C=O) groups excluding carboxylic acids is 1. The lowest BCUT2D eigenvalue weighted by Gasteiger charge is -2.09. The predicted octanol–water partition coefficient (Wildman–Crippen LogP) is 1.76. The summed E-state index contributed by atoms with van der Waals surface area (Å²) < 4.78 is 5.16. The first-order valence-electron chi connectivity index (χ1n) is 6.05. The average Bonchev–Trinajstić information content (AvgIpc) is 2.92. The largest absolute Gasteiger partial charge is 0.478 e. The topological polar surface area (TPSA) is 75.6 Å². The lowest BCUT2D eigenvalue weighted by molar-refractivity contribution is -0.131. The quantitative estimate of drug-likeness (QED) is 0.810. The summed E-state index contributed by atoms with van der Waals surface area (Å²) in [6.45, 7) is 1.11. The van der Waals surface area contributed by atoms with E-state index in [0.717, 1.165) is 18.1 Å². The van der Waals surface area contributed by atoms with Crippen molar-refractivity contribution in [2.45, 2.75) is 6.42 Å². The summed E-state index contributed by atoms with van der Waals surface area (Å²) in [6.07, 6.45) is 3.33. The van der Waals surface area contributed by atoms with E-state index in [1.165, 1.54) is 6.08 Å². The number of hydrogen-bond donors (Lipinski definition) is 2. The van der Waals surface area contributed by atoms with E-state index in [-0.39, 0.29) is 11.8 Å². The standard InChI is InChI=1S/C14H15NO4/c16-13(17)6-3-10-1-4-12(5-2-10)15-14(18)11-7-8-19-9-11/h1-6,11H,7-9H2,(H,15,18)(H,16,17)/b6-3+. The molecule has 1 atom stereocenters. The van der Waals surface area contributed by atoms with Crippen LogP contribution in [0.2, 0.25) is 0 Å². The van der Waals surface area contributed by atoms with Crippen LogP contribution in [0.25, 0.3) is 6.08 Å². The van der Waals surface area contributed by atoms with Gasteiger partial charge in [0.15, 0.2) is 0 Å². The Hall–Kier alpha value is -2.14. The van der Waals surface area contributed by atoms with Gasteiger partial charge in [-0.25, -0.2) is 4.79 Å². The molecule has 5 heteroatoms. The van der Waals surface area contributed by atoms with E-state index in [4.69, 9.17) is 9.84 Å². The van der Waals surface area contributed by atoms with Gasteiger partial charge in [-0.15, -0.1) is 0 Å². The Labute approximate surface area is 110 Å². The van der Waals surface area contributed by atoms with Gasteiger partial charge in [-0.05, 0) is 30.2 Å². The van der Waals surface area contributed by atoms with Crippen molar-refractivity contribution >= 4 is 23.6 Å². The van der Waals surface area contributed by atoms with Gasteiger partial charge < -0.3 is 15.2 Å². The lowest BCUT2D eigenvalue weighted by Crippen LogP contribution is -2.22. The number of amides is 1. The summed E-state index contributed by atoms with van der Waals surface area (Å²) in [5.41, 5.74) is 1.47. The van der Waals surface area contributed by atoms with Crippen LogP contribution in [-0.4, -0.2) is 30.2 Å². The molecule has 0 radical (unpaired) electrons. The molecule has 0 aromatic heterocycles. The fourth-order valence-electron chi connectivity index (χ4n) is 1.83. The van der Waals surface area contributed by atoms with Crippen LogP contribution in [0.5, 0.6) is 0 Å². The molecule has 1 fully saturated rings. The molecule has 1 aliphatic heterocycles. The van der Waals surface area contributed by atoms with Crippen LogP contribution in [0.3, 0.4) is 0 Å². The smallest absolute Gasteiger partial charge is 0.328 e. The highest BCUT2D eigenvalue weighted by molar-refractivity contribution is 5.93. The van der Waals surface area contributed by atoms with Gasteiger partial charge in [-0.2, -0.15) is 0 Å². The van der Waals surface area contributed by atoms with Crippen LogP contribution in [-0.2, 0) is 14.3 Å². The Balaban J connectivity index is 1.94. The van der Waals surface area contributed by atoms with E-state index >= 15 is 0 Å². The molecule has 100 valence electrons. The number of ether oxygens (including phenoxy) is 1. The number of aliphatic carboxylic acids is 1. The van der Waals surface area contributed by atoms with Crippen molar-refractivity contribution in [3.8, 4) is 0 Å². The molecule has 19 heavy (non-hydrogen) atoms. The first-order chi connectivity index (χ1) is 9.15. The molecule has 0 saturated carbocycles. The minimum absolute atomic E-state index is 0.0358. The highest BCUT2D eigenvalue weighted by Crippen LogP contribution is 2.16. The zero-order valence-electron chi connectivity index (χ0n) is 10.3. The second-order valence-electron chi connectivity index (χ2n) is 4.34. The van der Waals surface area contributed by atoms with E-state index in [2.05, 4.69) is 5.32 Å². The van der Waals surface area contributed by atoms with Crippen LogP contribution in [0.15, 0.2) is 30.3 Å². The Morgan fingerprint density at radius 1 is 1.32 bits per heavy atom. The number of nitrogens with one attached hydrogen (secondary N) is 1. The second-order valence-corrected chi connectivity index (χ2v) is 4.34. The molecule has 1 aliphatic rings. The molecule has 1 unspecified atom stereocenters. The van der Waals surface area contributed by atoms with Gasteiger partial charge >= 0.3 is 5.97 Å². The summed E-state index contributed by atoms with van der Waals surface area (Å²) in [5, 5.41) is 11.3. The van der Waals surface area contributed by atoms with Gasteiger partial charge in [0.25, 0.3) is 0 Å². The monoisotopic (exact) mass is 261 g/mol. The highest BCUT2D eigenvalue weighted by atomic mass is 16.5. The first kappa shape index (κ1) is 13.3. The molecular weight excluding hydrogens is 246 g/mol. The summed E-state index contributed by atoms with van der Waals surface area (Å²) in [4.78, 5) is 22.2. The number of rotatable bonds is 4. The van der Waals surface area contributed by atoms with Gasteiger partial charge in [0.05, 0.1) is 12.5 Å². The zero-order chi connectivity index (χ0) is 13.7. The van der Waals surface area contributed by atoms with Crippen molar-refractivity contribution in [3.05, 3.63) is 35.9 Å². The Morgan fingerprint density at radius 2 is 2.05 bits per heavy atom. The van der Waals surface area contributed by atoms with Crippen molar-refractivity contribution in [3.63, 3.8) is 0 Å². The summed E-state index contributed by atoms with van der Waals surface area (Å²) in [6, 6.07) is 6.99. The number of benzene rings is 1. The molecule has 0 spiro atoms. The Bertz CT molecular complexity index is 487. The molecular formula is C14H15NO4. The fraction of sp³-hybridized carbons (Fsp3) is 0.286. The van der Waals surface area contributed by atoms with Crippen molar-refractivity contribution < 1.29 is 19.4 Å². The van der Waals surface area contributed by atoms with Crippen LogP contribution in [0.1, 0.15) is 12.0 Å². The van der Waals surface area contributed by atoms with Gasteiger partial charge in [0.1, 0.15) is 0 Å². The van der Waals surface area contributed by atoms with E-state index in [9.17, 15) is 9.59 Å². The Morgan fingerprint density at radius 3 is 2.63 bits per heavy atom. The maximum Gasteiger partial charge on any atom is 0.328 e. The lowest BCUT2D eigenvalue weighted by atomic mass is 10.1. The number of carboxylic acids is 1. The van der Waals surface area contributed by atoms with E-state index in [0.29, 0.717) is 18.9 Å². The number of anilines is 1. The molecule has 2 rings (SSSR count). The fourth-order valence-corrected chi connectivity index (χ4v) is 1.83. The van der Waals surface area contributed by atoms with Crippen LogP contribution in [0.4, 0.5) is 5.69 Å². The van der Waals surface area contributed by atoms with Crippen molar-refractivity contribution in [2.24, 2.45) is 5.92 Å². The third kappa shape index (κ3) is 3.93. The zero-order valence-corrected chi connectivity index (χ0v) is 10.3. The van der Waals surface area contributed by atoms with E-state index in [1.54, 1.807) is 24.3 Å². The van der Waals surface area contributed by atoms with Crippen molar-refractivity contribution in [1.29, 1.82) is 0 Å². The van der Waals surface area contributed by atoms with Gasteiger partial charge in [-0.1, -0.05) is 12.1 Å². The third-order valence-electron chi connectivity index (χ3n) is 2.90. The van der Waals surface area contributed by atoms with Crippen LogP contribution < -0.4 is 5.32 Å². The Kier molecular flexibility index (Phi) is 4.30. The number of carbonyl (C=O) groups is 2. The summed E-state index contributed by atoms with van der Waals surface area (Å²) in [7, 11) is 0. The van der Waals surface area contributed by atoms with Crippen molar-refractivity contribution in [2.75, 3.05) is 18.5 Å². The molecule has 2 N–H and O–H groups in total. The minimum Gasteiger partial charge on any atom is -0.478 e. The molecule has 1 saturated heterocycles. The highest BCUT2D eigenvalue weighted by Gasteiger charge is 2.23. The van der Waals surface area contributed by atoms with Gasteiger partial charge in [0.2, 0.25) is 5.91 Å². The van der Waals surface area contributed by atoms with Crippen LogP contribution in [0, 0.1) is 5.92 Å². The first-order valence-corrected chi connectivity index (χ1v) is 6.05. The predicted molar refractivity (Wildman–Crippen MR) is 70.7 cm³/mol. The van der Waals surface area contributed by atoms with Gasteiger partial charge in [-0.3, -0.25) is 4.79 Å². The van der Waals surface area contributed by atoms with E-state index < -0.39 is 5.97 Å². The van der Waals surface area contributed by atoms with E-state index in [1.807, 2.05) is 0 Å². The third-order valence-corrected chi connectivity index (χ3v) is 2.90. The molecule has 5 nitrogen and oxygen atoms in total. The average molecular weight is 261 g/mol. The summed E-state index contributed by atoms with van der Waals surface area (Å²) in [5.74, 6) is -1.10. The normalized spacial score (nSPS) is 18.6. The molecule has 1 heterocycles. The molecule has 0 aliphatic carbocycles. The molecule has 1 aromatic rings. The molecule has 1 aromatic carbocycles. The maximum absolute atomic E-state index is 11.8. The molecule has 0 bridgehead atoms. The van der Waals surface area contributed by atoms with Gasteiger partial charge in [0, 0.05) is 18.4 Å². The second kappa shape index (κ2) is 6.15. The maximum atomic E-state index is 11.8. The van der Waals surface area contributed by atoms with Crippen molar-refractivity contribution in [1.82, 2.24) is 0 Å². The minimum atomic E-state index is -0.987. The number of carboxylic acid groups (broad SMARTS) is 1. The summed E-state index contributed by atoms with van der Waals surface area (Å²) >= 11 is 0. The SMILES string of the molecule is O=C(O)/C=C/c1ccc(NC(=O)C2CCOC2)cc1. The van der Waals surface area contributed by atoms with Crippen LogP contribution >= 0.6 is 0 Å².